The molecule has 2 nitrogen and oxygen atoms in total. The molecule has 1 unspecified atom stereocenters. The maximum absolute atomic E-state index is 5.41. The molecule has 1 aromatic heterocycles. The molecule has 0 aliphatic carbocycles. The van der Waals surface area contributed by atoms with Gasteiger partial charge in [0.25, 0.3) is 0 Å². The highest BCUT2D eigenvalue weighted by Gasteiger charge is 2.17. The maximum Gasteiger partial charge on any atom is 0.123 e. The van der Waals surface area contributed by atoms with Gasteiger partial charge in [-0.15, -0.1) is 11.3 Å². The molecular formula is C14H15BrO2S. The van der Waals surface area contributed by atoms with E-state index in [1.165, 1.54) is 9.75 Å². The predicted octanol–water partition coefficient (Wildman–Crippen LogP) is 4.56. The molecule has 18 heavy (non-hydrogen) atoms. The van der Waals surface area contributed by atoms with Crippen LogP contribution in [0.5, 0.6) is 11.5 Å². The molecule has 0 spiro atoms. The lowest BCUT2D eigenvalue weighted by molar-refractivity contribution is 0.399. The van der Waals surface area contributed by atoms with Crippen LogP contribution >= 0.6 is 27.3 Å². The van der Waals surface area contributed by atoms with Crippen molar-refractivity contribution in [1.82, 2.24) is 0 Å². The largest absolute Gasteiger partial charge is 0.497 e. The van der Waals surface area contributed by atoms with E-state index in [4.69, 9.17) is 9.47 Å². The first kappa shape index (κ1) is 13.4. The Morgan fingerprint density at radius 1 is 1.11 bits per heavy atom. The molecule has 2 aromatic rings. The fourth-order valence-corrected chi connectivity index (χ4v) is 3.45. The lowest BCUT2D eigenvalue weighted by Gasteiger charge is -2.14. The Balaban J connectivity index is 2.41. The van der Waals surface area contributed by atoms with E-state index in [2.05, 4.69) is 35.0 Å². The Hall–Kier alpha value is -1.00. The summed E-state index contributed by atoms with van der Waals surface area (Å²) in [4.78, 5) is 2.69. The SMILES string of the molecule is COc1ccc(OC)c(C(Br)c2ccc(C)s2)c1. The Morgan fingerprint density at radius 2 is 1.89 bits per heavy atom. The van der Waals surface area contributed by atoms with Crippen molar-refractivity contribution < 1.29 is 9.47 Å². The molecule has 1 atom stereocenters. The smallest absolute Gasteiger partial charge is 0.123 e. The number of ether oxygens (including phenoxy) is 2. The number of benzene rings is 1. The van der Waals surface area contributed by atoms with E-state index < -0.39 is 0 Å². The first-order valence-corrected chi connectivity index (χ1v) is 7.31. The van der Waals surface area contributed by atoms with Crippen LogP contribution in [0.1, 0.15) is 20.1 Å². The van der Waals surface area contributed by atoms with Crippen LogP contribution in [-0.2, 0) is 0 Å². The fourth-order valence-electron chi connectivity index (χ4n) is 1.78. The highest BCUT2D eigenvalue weighted by molar-refractivity contribution is 9.09. The minimum absolute atomic E-state index is 0.126. The molecule has 1 heterocycles. The summed E-state index contributed by atoms with van der Waals surface area (Å²) >= 11 is 5.52. The van der Waals surface area contributed by atoms with Gasteiger partial charge >= 0.3 is 0 Å². The summed E-state index contributed by atoms with van der Waals surface area (Å²) in [7, 11) is 3.36. The second kappa shape index (κ2) is 5.76. The molecule has 0 fully saturated rings. The summed E-state index contributed by atoms with van der Waals surface area (Å²) < 4.78 is 10.7. The normalized spacial score (nSPS) is 12.2. The van der Waals surface area contributed by atoms with Gasteiger partial charge in [-0.05, 0) is 37.3 Å². The number of hydrogen-bond acceptors (Lipinski definition) is 3. The Labute approximate surface area is 120 Å². The second-order valence-corrected chi connectivity index (χ2v) is 6.15. The lowest BCUT2D eigenvalue weighted by Crippen LogP contribution is -1.96. The van der Waals surface area contributed by atoms with Crippen molar-refractivity contribution in [2.75, 3.05) is 14.2 Å². The summed E-state index contributed by atoms with van der Waals surface area (Å²) in [6.07, 6.45) is 0. The van der Waals surface area contributed by atoms with Gasteiger partial charge in [-0.25, -0.2) is 0 Å². The predicted molar refractivity (Wildman–Crippen MR) is 79.4 cm³/mol. The van der Waals surface area contributed by atoms with Gasteiger partial charge in [-0.2, -0.15) is 0 Å². The molecule has 96 valence electrons. The van der Waals surface area contributed by atoms with E-state index >= 15 is 0 Å². The first-order chi connectivity index (χ1) is 8.65. The van der Waals surface area contributed by atoms with Crippen molar-refractivity contribution in [3.63, 3.8) is 0 Å². The van der Waals surface area contributed by atoms with Crippen LogP contribution in [0.4, 0.5) is 0 Å². The topological polar surface area (TPSA) is 18.5 Å². The zero-order chi connectivity index (χ0) is 13.1. The molecule has 0 saturated heterocycles. The van der Waals surface area contributed by atoms with Crippen molar-refractivity contribution in [3.8, 4) is 11.5 Å². The summed E-state index contributed by atoms with van der Waals surface area (Å²) in [5.74, 6) is 1.70. The maximum atomic E-state index is 5.41. The highest BCUT2D eigenvalue weighted by Crippen LogP contribution is 2.40. The lowest BCUT2D eigenvalue weighted by atomic mass is 10.1. The standard InChI is InChI=1S/C14H15BrO2S/c1-9-4-7-13(18-9)14(15)11-8-10(16-2)5-6-12(11)17-3/h4-8,14H,1-3H3. The second-order valence-electron chi connectivity index (χ2n) is 3.92. The third-order valence-corrected chi connectivity index (χ3v) is 5.08. The molecule has 0 radical (unpaired) electrons. The van der Waals surface area contributed by atoms with Gasteiger partial charge in [-0.1, -0.05) is 15.9 Å². The van der Waals surface area contributed by atoms with Crippen molar-refractivity contribution >= 4 is 27.3 Å². The van der Waals surface area contributed by atoms with Gasteiger partial charge in [-0.3, -0.25) is 0 Å². The minimum atomic E-state index is 0.126. The third-order valence-electron chi connectivity index (χ3n) is 2.72. The van der Waals surface area contributed by atoms with Crippen molar-refractivity contribution in [2.45, 2.75) is 11.8 Å². The number of halogens is 1. The molecule has 0 aliphatic rings. The molecule has 0 amide bonds. The summed E-state index contributed by atoms with van der Waals surface area (Å²) in [6.45, 7) is 2.11. The molecule has 0 bridgehead atoms. The molecule has 1 aromatic carbocycles. The van der Waals surface area contributed by atoms with E-state index in [1.807, 2.05) is 18.2 Å². The van der Waals surface area contributed by atoms with E-state index in [-0.39, 0.29) is 4.83 Å². The van der Waals surface area contributed by atoms with Gasteiger partial charge < -0.3 is 9.47 Å². The van der Waals surface area contributed by atoms with Gasteiger partial charge in [0.05, 0.1) is 19.0 Å². The molecule has 0 saturated carbocycles. The quantitative estimate of drug-likeness (QED) is 0.767. The van der Waals surface area contributed by atoms with Crippen LogP contribution in [0.2, 0.25) is 0 Å². The summed E-state index contributed by atoms with van der Waals surface area (Å²) in [6, 6.07) is 10.1. The van der Waals surface area contributed by atoms with E-state index in [1.54, 1.807) is 25.6 Å². The van der Waals surface area contributed by atoms with Gasteiger partial charge in [0.1, 0.15) is 11.5 Å². The third kappa shape index (κ3) is 2.70. The first-order valence-electron chi connectivity index (χ1n) is 5.58. The highest BCUT2D eigenvalue weighted by atomic mass is 79.9. The molecule has 2 rings (SSSR count). The van der Waals surface area contributed by atoms with Crippen molar-refractivity contribution in [3.05, 3.63) is 45.6 Å². The van der Waals surface area contributed by atoms with E-state index in [0.717, 1.165) is 17.1 Å². The monoisotopic (exact) mass is 326 g/mol. The van der Waals surface area contributed by atoms with E-state index in [9.17, 15) is 0 Å². The van der Waals surface area contributed by atoms with Crippen LogP contribution in [0, 0.1) is 6.92 Å². The number of rotatable bonds is 4. The zero-order valence-electron chi connectivity index (χ0n) is 10.6. The minimum Gasteiger partial charge on any atom is -0.497 e. The van der Waals surface area contributed by atoms with Crippen LogP contribution in [-0.4, -0.2) is 14.2 Å². The van der Waals surface area contributed by atoms with Gasteiger partial charge in [0.15, 0.2) is 0 Å². The van der Waals surface area contributed by atoms with E-state index in [0.29, 0.717) is 0 Å². The van der Waals surface area contributed by atoms with Crippen molar-refractivity contribution in [1.29, 1.82) is 0 Å². The molecule has 0 aliphatic heterocycles. The zero-order valence-corrected chi connectivity index (χ0v) is 13.0. The van der Waals surface area contributed by atoms with Crippen LogP contribution in [0.25, 0.3) is 0 Å². The Morgan fingerprint density at radius 3 is 2.44 bits per heavy atom. The number of hydrogen-bond donors (Lipinski definition) is 0. The summed E-state index contributed by atoms with van der Waals surface area (Å²) in [5, 5.41) is 0. The number of aryl methyl sites for hydroxylation is 1. The van der Waals surface area contributed by atoms with Gasteiger partial charge in [0, 0.05) is 15.3 Å². The molecular weight excluding hydrogens is 312 g/mol. The summed E-state index contributed by atoms with van der Waals surface area (Å²) in [5.41, 5.74) is 1.08. The number of thiophene rings is 1. The van der Waals surface area contributed by atoms with Crippen LogP contribution < -0.4 is 9.47 Å². The molecule has 0 N–H and O–H groups in total. The average molecular weight is 327 g/mol. The Bertz CT molecular complexity index is 536. The average Bonchev–Trinajstić information content (AvgIpc) is 2.83. The van der Waals surface area contributed by atoms with Gasteiger partial charge in [0.2, 0.25) is 0 Å². The Kier molecular flexibility index (Phi) is 4.30. The number of methoxy groups -OCH3 is 2. The fraction of sp³-hybridized carbons (Fsp3) is 0.286. The van der Waals surface area contributed by atoms with Crippen LogP contribution in [0.3, 0.4) is 0 Å². The van der Waals surface area contributed by atoms with Crippen LogP contribution in [0.15, 0.2) is 30.3 Å². The number of alkyl halides is 1. The van der Waals surface area contributed by atoms with Crippen molar-refractivity contribution in [2.24, 2.45) is 0 Å². The molecule has 4 heteroatoms.